The zero-order valence-corrected chi connectivity index (χ0v) is 15.3. The summed E-state index contributed by atoms with van der Waals surface area (Å²) in [6, 6.07) is 14.4. The van der Waals surface area contributed by atoms with Gasteiger partial charge in [0, 0.05) is 30.8 Å². The first-order valence-electron chi connectivity index (χ1n) is 9.43. The number of nitrogens with zero attached hydrogens (tertiary/aromatic N) is 6. The summed E-state index contributed by atoms with van der Waals surface area (Å²) in [6.07, 6.45) is 9.42. The van der Waals surface area contributed by atoms with Crippen LogP contribution in [0.2, 0.25) is 0 Å². The summed E-state index contributed by atoms with van der Waals surface area (Å²) in [6.45, 7) is 1.88. The van der Waals surface area contributed by atoms with E-state index in [1.54, 1.807) is 18.7 Å². The number of pyridine rings is 1. The maximum atomic E-state index is 5.59. The lowest BCUT2D eigenvalue weighted by Crippen LogP contribution is -2.23. The standard InChI is InChI=1S/C21H20N6O/c1-2-10-23-18(4-1)20-24-21(28-25-20)19-5-3-12-26(19)14-16-6-8-17(9-7-16)27-13-11-22-15-27/h1-2,4,6-11,13,15,19H,3,5,12,14H2. The van der Waals surface area contributed by atoms with Crippen LogP contribution in [0.25, 0.3) is 17.2 Å². The summed E-state index contributed by atoms with van der Waals surface area (Å²) in [5, 5.41) is 4.13. The van der Waals surface area contributed by atoms with E-state index in [-0.39, 0.29) is 6.04 Å². The summed E-state index contributed by atoms with van der Waals surface area (Å²) >= 11 is 0. The van der Waals surface area contributed by atoms with Crippen molar-refractivity contribution < 1.29 is 4.52 Å². The maximum Gasteiger partial charge on any atom is 0.244 e. The van der Waals surface area contributed by atoms with Gasteiger partial charge < -0.3 is 9.09 Å². The largest absolute Gasteiger partial charge is 0.337 e. The van der Waals surface area contributed by atoms with E-state index in [0.29, 0.717) is 11.7 Å². The molecule has 3 aromatic heterocycles. The molecule has 140 valence electrons. The number of aromatic nitrogens is 5. The molecule has 1 aliphatic heterocycles. The minimum atomic E-state index is 0.151. The van der Waals surface area contributed by atoms with Crippen molar-refractivity contribution in [2.24, 2.45) is 0 Å². The Balaban J connectivity index is 1.31. The van der Waals surface area contributed by atoms with E-state index in [4.69, 9.17) is 4.52 Å². The number of rotatable bonds is 5. The highest BCUT2D eigenvalue weighted by atomic mass is 16.5. The molecule has 0 saturated carbocycles. The van der Waals surface area contributed by atoms with Gasteiger partial charge in [-0.3, -0.25) is 9.88 Å². The second-order valence-corrected chi connectivity index (χ2v) is 6.94. The van der Waals surface area contributed by atoms with Crippen LogP contribution in [0.15, 0.2) is 71.9 Å². The van der Waals surface area contributed by atoms with Crippen LogP contribution in [0.5, 0.6) is 0 Å². The smallest absolute Gasteiger partial charge is 0.244 e. The fourth-order valence-corrected chi connectivity index (χ4v) is 3.68. The van der Waals surface area contributed by atoms with Gasteiger partial charge in [-0.1, -0.05) is 23.4 Å². The van der Waals surface area contributed by atoms with E-state index in [0.717, 1.165) is 37.3 Å². The Morgan fingerprint density at radius 3 is 2.79 bits per heavy atom. The molecule has 1 fully saturated rings. The second-order valence-electron chi connectivity index (χ2n) is 6.94. The Morgan fingerprint density at radius 2 is 2.00 bits per heavy atom. The van der Waals surface area contributed by atoms with Crippen LogP contribution in [0, 0.1) is 0 Å². The van der Waals surface area contributed by atoms with Gasteiger partial charge in [0.1, 0.15) is 5.69 Å². The molecule has 0 N–H and O–H groups in total. The summed E-state index contributed by atoms with van der Waals surface area (Å²) in [5.74, 6) is 1.22. The molecule has 1 saturated heterocycles. The molecule has 0 bridgehead atoms. The Kier molecular flexibility index (Phi) is 4.42. The highest BCUT2D eigenvalue weighted by molar-refractivity contribution is 5.47. The van der Waals surface area contributed by atoms with Crippen LogP contribution in [-0.2, 0) is 6.54 Å². The van der Waals surface area contributed by atoms with Crippen molar-refractivity contribution in [3.63, 3.8) is 0 Å². The molecule has 1 atom stereocenters. The van der Waals surface area contributed by atoms with Gasteiger partial charge in [0.2, 0.25) is 11.7 Å². The number of likely N-dealkylation sites (tertiary alicyclic amines) is 1. The SMILES string of the molecule is c1ccc(-c2noc(C3CCCN3Cc3ccc(-n4ccnc4)cc3)n2)nc1. The molecule has 0 radical (unpaired) electrons. The van der Waals surface area contributed by atoms with Crippen molar-refractivity contribution in [1.29, 1.82) is 0 Å². The average molecular weight is 372 g/mol. The Hall–Kier alpha value is -3.32. The number of benzene rings is 1. The molecule has 4 heterocycles. The van der Waals surface area contributed by atoms with Crippen molar-refractivity contribution >= 4 is 0 Å². The van der Waals surface area contributed by atoms with E-state index in [9.17, 15) is 0 Å². The topological polar surface area (TPSA) is 72.9 Å². The van der Waals surface area contributed by atoms with Crippen molar-refractivity contribution in [2.75, 3.05) is 6.54 Å². The molecular weight excluding hydrogens is 352 g/mol. The molecule has 4 aromatic rings. The molecule has 0 amide bonds. The fraction of sp³-hybridized carbons (Fsp3) is 0.238. The lowest BCUT2D eigenvalue weighted by Gasteiger charge is -2.21. The molecule has 7 nitrogen and oxygen atoms in total. The Bertz CT molecular complexity index is 1030. The van der Waals surface area contributed by atoms with Crippen LogP contribution in [0.1, 0.15) is 30.3 Å². The third-order valence-electron chi connectivity index (χ3n) is 5.11. The molecule has 0 spiro atoms. The van der Waals surface area contributed by atoms with Crippen molar-refractivity contribution in [3.05, 3.63) is 78.8 Å². The van der Waals surface area contributed by atoms with Gasteiger partial charge in [-0.15, -0.1) is 0 Å². The van der Waals surface area contributed by atoms with Gasteiger partial charge in [0.05, 0.1) is 12.4 Å². The van der Waals surface area contributed by atoms with E-state index in [1.807, 2.05) is 29.0 Å². The first kappa shape index (κ1) is 16.8. The van der Waals surface area contributed by atoms with Crippen LogP contribution < -0.4 is 0 Å². The Morgan fingerprint density at radius 1 is 1.07 bits per heavy atom. The summed E-state index contributed by atoms with van der Waals surface area (Å²) < 4.78 is 7.59. The van der Waals surface area contributed by atoms with Gasteiger partial charge in [0.25, 0.3) is 0 Å². The van der Waals surface area contributed by atoms with Crippen LogP contribution >= 0.6 is 0 Å². The van der Waals surface area contributed by atoms with Crippen LogP contribution in [0.4, 0.5) is 0 Å². The van der Waals surface area contributed by atoms with Gasteiger partial charge in [-0.05, 0) is 49.2 Å². The molecule has 28 heavy (non-hydrogen) atoms. The van der Waals surface area contributed by atoms with E-state index >= 15 is 0 Å². The molecule has 7 heteroatoms. The van der Waals surface area contributed by atoms with Crippen molar-refractivity contribution in [3.8, 4) is 17.2 Å². The maximum absolute atomic E-state index is 5.59. The zero-order valence-electron chi connectivity index (χ0n) is 15.3. The highest BCUT2D eigenvalue weighted by Gasteiger charge is 2.30. The summed E-state index contributed by atoms with van der Waals surface area (Å²) in [7, 11) is 0. The second kappa shape index (κ2) is 7.36. The lowest BCUT2D eigenvalue weighted by atomic mass is 10.1. The molecule has 5 rings (SSSR count). The third kappa shape index (κ3) is 3.32. The van der Waals surface area contributed by atoms with E-state index < -0.39 is 0 Å². The molecule has 1 unspecified atom stereocenters. The number of hydrogen-bond donors (Lipinski definition) is 0. The predicted molar refractivity (Wildman–Crippen MR) is 103 cm³/mol. The first-order valence-corrected chi connectivity index (χ1v) is 9.43. The highest BCUT2D eigenvalue weighted by Crippen LogP contribution is 2.33. The lowest BCUT2D eigenvalue weighted by molar-refractivity contribution is 0.201. The Labute approximate surface area is 162 Å². The van der Waals surface area contributed by atoms with Crippen LogP contribution in [0.3, 0.4) is 0 Å². The summed E-state index contributed by atoms with van der Waals surface area (Å²) in [5.41, 5.74) is 3.11. The summed E-state index contributed by atoms with van der Waals surface area (Å²) in [4.78, 5) is 15.4. The minimum absolute atomic E-state index is 0.151. The first-order chi connectivity index (χ1) is 13.9. The molecule has 0 aliphatic carbocycles. The molecule has 1 aromatic carbocycles. The van der Waals surface area contributed by atoms with Crippen LogP contribution in [-0.4, -0.2) is 36.1 Å². The van der Waals surface area contributed by atoms with Crippen molar-refractivity contribution in [1.82, 2.24) is 29.6 Å². The van der Waals surface area contributed by atoms with Crippen molar-refractivity contribution in [2.45, 2.75) is 25.4 Å². The number of imidazole rings is 1. The van der Waals surface area contributed by atoms with Gasteiger partial charge in [-0.2, -0.15) is 4.98 Å². The van der Waals surface area contributed by atoms with E-state index in [2.05, 4.69) is 49.3 Å². The quantitative estimate of drug-likeness (QED) is 0.532. The minimum Gasteiger partial charge on any atom is -0.337 e. The van der Waals surface area contributed by atoms with E-state index in [1.165, 1.54) is 5.56 Å². The monoisotopic (exact) mass is 372 g/mol. The van der Waals surface area contributed by atoms with Gasteiger partial charge >= 0.3 is 0 Å². The molecular formula is C21H20N6O. The average Bonchev–Trinajstić information content (AvgIpc) is 3.51. The molecule has 1 aliphatic rings. The number of hydrogen-bond acceptors (Lipinski definition) is 6. The normalized spacial score (nSPS) is 17.2. The fourth-order valence-electron chi connectivity index (χ4n) is 3.68. The third-order valence-corrected chi connectivity index (χ3v) is 5.11. The van der Waals surface area contributed by atoms with Gasteiger partial charge in [0.15, 0.2) is 0 Å². The predicted octanol–water partition coefficient (Wildman–Crippen LogP) is 3.65. The zero-order chi connectivity index (χ0) is 18.8. The van der Waals surface area contributed by atoms with Gasteiger partial charge in [-0.25, -0.2) is 4.98 Å².